The summed E-state index contributed by atoms with van der Waals surface area (Å²) in [5.41, 5.74) is -0.0949. The van der Waals surface area contributed by atoms with Gasteiger partial charge in [-0.05, 0) is 18.4 Å². The zero-order valence-corrected chi connectivity index (χ0v) is 14.3. The van der Waals surface area contributed by atoms with E-state index in [0.717, 1.165) is 5.56 Å². The second-order valence-electron chi connectivity index (χ2n) is 5.64. The minimum Gasteiger partial charge on any atom is -0.481 e. The van der Waals surface area contributed by atoms with Crippen molar-refractivity contribution in [2.45, 2.75) is 31.7 Å². The van der Waals surface area contributed by atoms with Gasteiger partial charge in [-0.25, -0.2) is 0 Å². The minimum absolute atomic E-state index is 0.105. The quantitative estimate of drug-likeness (QED) is 0.705. The third-order valence-electron chi connectivity index (χ3n) is 3.26. The lowest BCUT2D eigenvalue weighted by Crippen LogP contribution is -2.50. The zero-order chi connectivity index (χ0) is 17.6. The Bertz CT molecular complexity index is 685. The molecule has 2 rings (SSSR count). The predicted octanol–water partition coefficient (Wildman–Crippen LogP) is 1.73. The number of methoxy groups -OCH3 is 1. The first-order valence-corrected chi connectivity index (χ1v) is 8.23. The van der Waals surface area contributed by atoms with Gasteiger partial charge < -0.3 is 19.7 Å². The SMILES string of the molecule is COCC(C)(CC(=O)O)NC(=O)CCc1nc(-c2ccsc2)no1. The number of hydrogen-bond donors (Lipinski definition) is 2. The maximum atomic E-state index is 12.1. The van der Waals surface area contributed by atoms with E-state index in [1.165, 1.54) is 18.4 Å². The van der Waals surface area contributed by atoms with Crippen molar-refractivity contribution in [3.8, 4) is 11.4 Å². The van der Waals surface area contributed by atoms with Gasteiger partial charge in [-0.15, -0.1) is 0 Å². The summed E-state index contributed by atoms with van der Waals surface area (Å²) >= 11 is 1.53. The minimum atomic E-state index is -1.01. The molecule has 0 radical (unpaired) electrons. The van der Waals surface area contributed by atoms with E-state index in [9.17, 15) is 9.59 Å². The smallest absolute Gasteiger partial charge is 0.305 e. The second-order valence-corrected chi connectivity index (χ2v) is 6.42. The van der Waals surface area contributed by atoms with Gasteiger partial charge in [0.2, 0.25) is 17.6 Å². The van der Waals surface area contributed by atoms with Crippen molar-refractivity contribution in [1.29, 1.82) is 0 Å². The topological polar surface area (TPSA) is 115 Å². The van der Waals surface area contributed by atoms with Crippen molar-refractivity contribution in [2.24, 2.45) is 0 Å². The van der Waals surface area contributed by atoms with Gasteiger partial charge >= 0.3 is 5.97 Å². The van der Waals surface area contributed by atoms with Crippen molar-refractivity contribution >= 4 is 23.2 Å². The maximum Gasteiger partial charge on any atom is 0.305 e. The number of aryl methyl sites for hydroxylation is 1. The van der Waals surface area contributed by atoms with Gasteiger partial charge in [0.25, 0.3) is 0 Å². The van der Waals surface area contributed by atoms with Crippen molar-refractivity contribution in [2.75, 3.05) is 13.7 Å². The Morgan fingerprint density at radius 2 is 2.29 bits per heavy atom. The molecule has 0 aliphatic carbocycles. The number of ether oxygens (including phenoxy) is 1. The van der Waals surface area contributed by atoms with Gasteiger partial charge in [-0.1, -0.05) is 5.16 Å². The normalized spacial score (nSPS) is 13.4. The number of nitrogens with one attached hydrogen (secondary N) is 1. The standard InChI is InChI=1S/C15H19N3O5S/c1-15(9-22-2,7-13(20)21)17-11(19)3-4-12-16-14(18-23-12)10-5-6-24-8-10/h5-6,8H,3-4,7,9H2,1-2H3,(H,17,19)(H,20,21). The highest BCUT2D eigenvalue weighted by Gasteiger charge is 2.29. The molecule has 0 aromatic carbocycles. The number of nitrogens with zero attached hydrogens (tertiary/aromatic N) is 2. The Morgan fingerprint density at radius 3 is 2.92 bits per heavy atom. The van der Waals surface area contributed by atoms with Gasteiger partial charge in [0, 0.05) is 30.9 Å². The van der Waals surface area contributed by atoms with Crippen molar-refractivity contribution in [3.63, 3.8) is 0 Å². The van der Waals surface area contributed by atoms with Crippen LogP contribution in [0.25, 0.3) is 11.4 Å². The van der Waals surface area contributed by atoms with Crippen LogP contribution >= 0.6 is 11.3 Å². The second kappa shape index (κ2) is 8.02. The van der Waals surface area contributed by atoms with E-state index in [1.54, 1.807) is 6.92 Å². The summed E-state index contributed by atoms with van der Waals surface area (Å²) in [5.74, 6) is -0.460. The van der Waals surface area contributed by atoms with E-state index < -0.39 is 11.5 Å². The summed E-state index contributed by atoms with van der Waals surface area (Å²) in [6, 6.07) is 1.88. The fourth-order valence-corrected chi connectivity index (χ4v) is 2.90. The monoisotopic (exact) mass is 353 g/mol. The Hall–Kier alpha value is -2.26. The lowest BCUT2D eigenvalue weighted by Gasteiger charge is -2.28. The molecule has 24 heavy (non-hydrogen) atoms. The summed E-state index contributed by atoms with van der Waals surface area (Å²) in [4.78, 5) is 27.2. The van der Waals surface area contributed by atoms with Crippen molar-refractivity contribution < 1.29 is 24.0 Å². The number of carboxylic acid groups (broad SMARTS) is 1. The molecule has 1 unspecified atom stereocenters. The first kappa shape index (κ1) is 18.1. The molecule has 0 fully saturated rings. The van der Waals surface area contributed by atoms with Gasteiger partial charge in [0.15, 0.2) is 0 Å². The molecule has 1 amide bonds. The lowest BCUT2D eigenvalue weighted by atomic mass is 9.98. The van der Waals surface area contributed by atoms with Gasteiger partial charge in [-0.2, -0.15) is 16.3 Å². The van der Waals surface area contributed by atoms with Crippen molar-refractivity contribution in [1.82, 2.24) is 15.5 Å². The molecule has 0 saturated carbocycles. The number of aliphatic carboxylic acids is 1. The number of thiophene rings is 1. The Morgan fingerprint density at radius 1 is 1.50 bits per heavy atom. The molecule has 2 heterocycles. The summed E-state index contributed by atoms with van der Waals surface area (Å²) < 4.78 is 10.1. The highest BCUT2D eigenvalue weighted by Crippen LogP contribution is 2.19. The largest absolute Gasteiger partial charge is 0.481 e. The number of amides is 1. The van der Waals surface area contributed by atoms with Gasteiger partial charge in [0.1, 0.15) is 0 Å². The van der Waals surface area contributed by atoms with Crippen LogP contribution in [0.1, 0.15) is 25.7 Å². The van der Waals surface area contributed by atoms with E-state index in [4.69, 9.17) is 14.4 Å². The van der Waals surface area contributed by atoms with Crippen LogP contribution in [0.2, 0.25) is 0 Å². The Balaban J connectivity index is 1.89. The fourth-order valence-electron chi connectivity index (χ4n) is 2.27. The molecule has 0 aliphatic heterocycles. The summed E-state index contributed by atoms with van der Waals surface area (Å²) in [6.07, 6.45) is 0.165. The maximum absolute atomic E-state index is 12.1. The number of carboxylic acids is 1. The first-order chi connectivity index (χ1) is 11.4. The van der Waals surface area contributed by atoms with Crippen LogP contribution in [-0.2, 0) is 20.7 Å². The fraction of sp³-hybridized carbons (Fsp3) is 0.467. The summed E-state index contributed by atoms with van der Waals surface area (Å²) in [7, 11) is 1.46. The number of hydrogen-bond acceptors (Lipinski definition) is 7. The van der Waals surface area contributed by atoms with E-state index in [-0.39, 0.29) is 31.8 Å². The molecule has 0 bridgehead atoms. The summed E-state index contributed by atoms with van der Waals surface area (Å²) in [6.45, 7) is 1.73. The first-order valence-electron chi connectivity index (χ1n) is 7.29. The molecule has 0 saturated heterocycles. The average Bonchev–Trinajstić information content (AvgIpc) is 3.15. The van der Waals surface area contributed by atoms with Crippen LogP contribution in [-0.4, -0.2) is 46.4 Å². The molecule has 2 N–H and O–H groups in total. The van der Waals surface area contributed by atoms with Crippen molar-refractivity contribution in [3.05, 3.63) is 22.7 Å². The molecule has 130 valence electrons. The van der Waals surface area contributed by atoms with Crippen LogP contribution in [0.15, 0.2) is 21.3 Å². The van der Waals surface area contributed by atoms with Gasteiger partial charge in [-0.3, -0.25) is 9.59 Å². The Kier molecular flexibility index (Phi) is 6.04. The zero-order valence-electron chi connectivity index (χ0n) is 13.4. The highest BCUT2D eigenvalue weighted by molar-refractivity contribution is 7.08. The molecule has 1 atom stereocenters. The third-order valence-corrected chi connectivity index (χ3v) is 3.94. The number of rotatable bonds is 9. The van der Waals surface area contributed by atoms with Crippen LogP contribution in [0.5, 0.6) is 0 Å². The molecular weight excluding hydrogens is 334 g/mol. The molecule has 2 aromatic heterocycles. The number of carbonyl (C=O) groups excluding carboxylic acids is 1. The van der Waals surface area contributed by atoms with E-state index in [1.807, 2.05) is 16.8 Å². The highest BCUT2D eigenvalue weighted by atomic mass is 32.1. The van der Waals surface area contributed by atoms with Crippen LogP contribution < -0.4 is 5.32 Å². The molecule has 2 aromatic rings. The van der Waals surface area contributed by atoms with Crippen LogP contribution in [0.3, 0.4) is 0 Å². The van der Waals surface area contributed by atoms with E-state index in [0.29, 0.717) is 11.7 Å². The number of carbonyl (C=O) groups is 2. The molecular formula is C15H19N3O5S. The molecule has 8 nitrogen and oxygen atoms in total. The van der Waals surface area contributed by atoms with E-state index in [2.05, 4.69) is 15.5 Å². The van der Waals surface area contributed by atoms with Crippen LogP contribution in [0, 0.1) is 0 Å². The Labute approximate surface area is 142 Å². The number of aromatic nitrogens is 2. The van der Waals surface area contributed by atoms with Gasteiger partial charge in [0.05, 0.1) is 18.6 Å². The average molecular weight is 353 g/mol. The summed E-state index contributed by atoms with van der Waals surface area (Å²) in [5, 5.41) is 19.3. The van der Waals surface area contributed by atoms with E-state index >= 15 is 0 Å². The molecule has 0 spiro atoms. The van der Waals surface area contributed by atoms with Crippen LogP contribution in [0.4, 0.5) is 0 Å². The third kappa shape index (κ3) is 5.14. The predicted molar refractivity (Wildman–Crippen MR) is 86.6 cm³/mol. The molecule has 9 heteroatoms. The molecule has 0 aliphatic rings. The lowest BCUT2D eigenvalue weighted by molar-refractivity contribution is -0.139.